The number of fused-ring (bicyclic) bond motifs is 3. The Morgan fingerprint density at radius 1 is 0.600 bits per heavy atom. The van der Waals surface area contributed by atoms with Crippen molar-refractivity contribution in [3.8, 4) is 11.5 Å². The highest BCUT2D eigenvalue weighted by atomic mass is 32.1. The van der Waals surface area contributed by atoms with Gasteiger partial charge in [0, 0.05) is 26.8 Å². The largest absolute Gasteiger partial charge is 0.497 e. The monoisotopic (exact) mass is 411 g/mol. The summed E-state index contributed by atoms with van der Waals surface area (Å²) in [6, 6.07) is 31.5. The molecule has 1 heterocycles. The molecule has 3 nitrogen and oxygen atoms in total. The van der Waals surface area contributed by atoms with Crippen molar-refractivity contribution in [3.63, 3.8) is 0 Å². The molecular formula is C26H21NO2S. The molecule has 0 amide bonds. The summed E-state index contributed by atoms with van der Waals surface area (Å²) in [5, 5.41) is 2.57. The molecule has 0 N–H and O–H groups in total. The first-order valence-corrected chi connectivity index (χ1v) is 10.6. The number of hydrogen-bond acceptors (Lipinski definition) is 4. The molecule has 0 radical (unpaired) electrons. The third-order valence-electron chi connectivity index (χ3n) is 5.29. The number of benzene rings is 4. The van der Waals surface area contributed by atoms with Gasteiger partial charge in [-0.2, -0.15) is 0 Å². The molecular weight excluding hydrogens is 390 g/mol. The SMILES string of the molecule is COc1ccc(N(c2ccc(OC)cc2)c2cccc3c2sc2ccccc23)cc1. The van der Waals surface area contributed by atoms with E-state index in [1.54, 1.807) is 14.2 Å². The van der Waals surface area contributed by atoms with Crippen molar-refractivity contribution >= 4 is 48.6 Å². The van der Waals surface area contributed by atoms with E-state index in [-0.39, 0.29) is 0 Å². The van der Waals surface area contributed by atoms with E-state index in [2.05, 4.69) is 71.6 Å². The number of methoxy groups -OCH3 is 2. The molecule has 0 spiro atoms. The molecule has 0 aliphatic heterocycles. The van der Waals surface area contributed by atoms with Gasteiger partial charge in [-0.3, -0.25) is 0 Å². The van der Waals surface area contributed by atoms with Gasteiger partial charge in [-0.05, 0) is 60.7 Å². The lowest BCUT2D eigenvalue weighted by atomic mass is 10.1. The van der Waals surface area contributed by atoms with Crippen molar-refractivity contribution in [2.75, 3.05) is 19.1 Å². The fourth-order valence-corrected chi connectivity index (χ4v) is 5.00. The molecule has 0 saturated carbocycles. The van der Waals surface area contributed by atoms with Crippen LogP contribution in [0.5, 0.6) is 11.5 Å². The molecule has 4 heteroatoms. The predicted molar refractivity (Wildman–Crippen MR) is 127 cm³/mol. The van der Waals surface area contributed by atoms with Crippen LogP contribution in [0.2, 0.25) is 0 Å². The number of anilines is 3. The molecule has 0 aliphatic rings. The van der Waals surface area contributed by atoms with Crippen LogP contribution in [-0.2, 0) is 0 Å². The fourth-order valence-electron chi connectivity index (χ4n) is 3.80. The second-order valence-corrected chi connectivity index (χ2v) is 8.04. The molecule has 0 saturated heterocycles. The highest BCUT2D eigenvalue weighted by Gasteiger charge is 2.18. The van der Waals surface area contributed by atoms with Gasteiger partial charge in [-0.1, -0.05) is 30.3 Å². The molecule has 0 fully saturated rings. The van der Waals surface area contributed by atoms with E-state index >= 15 is 0 Å². The zero-order chi connectivity index (χ0) is 20.5. The van der Waals surface area contributed by atoms with Crippen LogP contribution >= 0.6 is 11.3 Å². The van der Waals surface area contributed by atoms with Gasteiger partial charge in [0.15, 0.2) is 0 Å². The number of ether oxygens (including phenoxy) is 2. The topological polar surface area (TPSA) is 21.7 Å². The van der Waals surface area contributed by atoms with Gasteiger partial charge in [0.1, 0.15) is 11.5 Å². The van der Waals surface area contributed by atoms with Crippen molar-refractivity contribution in [2.24, 2.45) is 0 Å². The van der Waals surface area contributed by atoms with Crippen molar-refractivity contribution in [2.45, 2.75) is 0 Å². The lowest BCUT2D eigenvalue weighted by Gasteiger charge is -2.26. The summed E-state index contributed by atoms with van der Waals surface area (Å²) >= 11 is 1.83. The second-order valence-electron chi connectivity index (χ2n) is 6.98. The van der Waals surface area contributed by atoms with Crippen molar-refractivity contribution in [3.05, 3.63) is 91.0 Å². The average molecular weight is 412 g/mol. The lowest BCUT2D eigenvalue weighted by Crippen LogP contribution is -2.10. The molecule has 148 valence electrons. The Bertz CT molecular complexity index is 1260. The summed E-state index contributed by atoms with van der Waals surface area (Å²) in [5.41, 5.74) is 3.31. The number of rotatable bonds is 5. The van der Waals surface area contributed by atoms with E-state index in [0.29, 0.717) is 0 Å². The summed E-state index contributed by atoms with van der Waals surface area (Å²) in [7, 11) is 3.38. The maximum absolute atomic E-state index is 5.37. The van der Waals surface area contributed by atoms with E-state index in [0.717, 1.165) is 28.6 Å². The minimum Gasteiger partial charge on any atom is -0.497 e. The van der Waals surface area contributed by atoms with Gasteiger partial charge >= 0.3 is 0 Å². The first-order valence-electron chi connectivity index (χ1n) is 9.77. The summed E-state index contributed by atoms with van der Waals surface area (Å²) in [6.07, 6.45) is 0. The van der Waals surface area contributed by atoms with Crippen LogP contribution in [0.1, 0.15) is 0 Å². The van der Waals surface area contributed by atoms with Crippen LogP contribution in [0, 0.1) is 0 Å². The van der Waals surface area contributed by atoms with Gasteiger partial charge < -0.3 is 14.4 Å². The van der Waals surface area contributed by atoms with Crippen molar-refractivity contribution in [1.82, 2.24) is 0 Å². The first kappa shape index (κ1) is 18.5. The zero-order valence-corrected chi connectivity index (χ0v) is 17.6. The van der Waals surface area contributed by atoms with E-state index in [4.69, 9.17) is 9.47 Å². The smallest absolute Gasteiger partial charge is 0.119 e. The lowest BCUT2D eigenvalue weighted by molar-refractivity contribution is 0.415. The number of nitrogens with zero attached hydrogens (tertiary/aromatic N) is 1. The van der Waals surface area contributed by atoms with Gasteiger partial charge in [0.2, 0.25) is 0 Å². The van der Waals surface area contributed by atoms with Gasteiger partial charge in [-0.25, -0.2) is 0 Å². The summed E-state index contributed by atoms with van der Waals surface area (Å²) < 4.78 is 13.3. The highest BCUT2D eigenvalue weighted by Crippen LogP contribution is 2.44. The van der Waals surface area contributed by atoms with Crippen molar-refractivity contribution in [1.29, 1.82) is 0 Å². The number of hydrogen-bond donors (Lipinski definition) is 0. The normalized spacial score (nSPS) is 11.0. The maximum atomic E-state index is 5.37. The van der Waals surface area contributed by atoms with E-state index in [9.17, 15) is 0 Å². The zero-order valence-electron chi connectivity index (χ0n) is 16.8. The van der Waals surface area contributed by atoms with Crippen LogP contribution in [0.4, 0.5) is 17.1 Å². The predicted octanol–water partition coefficient (Wildman–Crippen LogP) is 7.54. The standard InChI is InChI=1S/C26H21NO2S/c1-28-20-14-10-18(11-15-20)27(19-12-16-21(29-2)17-13-19)24-8-5-7-23-22-6-3-4-9-25(22)30-26(23)24/h3-17H,1-2H3. The third-order valence-corrected chi connectivity index (χ3v) is 6.49. The summed E-state index contributed by atoms with van der Waals surface area (Å²) in [5.74, 6) is 1.68. The Balaban J connectivity index is 1.75. The van der Waals surface area contributed by atoms with Crippen LogP contribution in [0.3, 0.4) is 0 Å². The highest BCUT2D eigenvalue weighted by molar-refractivity contribution is 7.26. The minimum atomic E-state index is 0.841. The number of thiophene rings is 1. The summed E-state index contributed by atoms with van der Waals surface area (Å²) in [6.45, 7) is 0. The third kappa shape index (κ3) is 3.15. The molecule has 4 aromatic carbocycles. The van der Waals surface area contributed by atoms with Gasteiger partial charge in [0.25, 0.3) is 0 Å². The Kier molecular flexibility index (Phi) is 4.77. The molecule has 0 atom stereocenters. The molecule has 5 rings (SSSR count). The molecule has 30 heavy (non-hydrogen) atoms. The Morgan fingerprint density at radius 3 is 1.77 bits per heavy atom. The van der Waals surface area contributed by atoms with Crippen LogP contribution < -0.4 is 14.4 Å². The van der Waals surface area contributed by atoms with E-state index in [1.807, 2.05) is 35.6 Å². The Labute approximate surface area is 179 Å². The molecule has 1 aromatic heterocycles. The van der Waals surface area contributed by atoms with Crippen LogP contribution in [-0.4, -0.2) is 14.2 Å². The van der Waals surface area contributed by atoms with Gasteiger partial charge in [0.05, 0.1) is 24.6 Å². The molecule has 5 aromatic rings. The molecule has 0 bridgehead atoms. The molecule has 0 aliphatic carbocycles. The first-order chi connectivity index (χ1) is 14.8. The fraction of sp³-hybridized carbons (Fsp3) is 0.0769. The molecule has 0 unspecified atom stereocenters. The summed E-state index contributed by atoms with van der Waals surface area (Å²) in [4.78, 5) is 2.29. The minimum absolute atomic E-state index is 0.841. The van der Waals surface area contributed by atoms with Gasteiger partial charge in [-0.15, -0.1) is 11.3 Å². The van der Waals surface area contributed by atoms with Crippen LogP contribution in [0.25, 0.3) is 20.2 Å². The maximum Gasteiger partial charge on any atom is 0.119 e. The Morgan fingerprint density at radius 2 is 1.17 bits per heavy atom. The van der Waals surface area contributed by atoms with Crippen LogP contribution in [0.15, 0.2) is 91.0 Å². The quantitative estimate of drug-likeness (QED) is 0.298. The van der Waals surface area contributed by atoms with Crippen molar-refractivity contribution < 1.29 is 9.47 Å². The second kappa shape index (κ2) is 7.73. The van der Waals surface area contributed by atoms with E-state index < -0.39 is 0 Å². The Hall–Kier alpha value is -3.50. The average Bonchev–Trinajstić information content (AvgIpc) is 3.20. The van der Waals surface area contributed by atoms with E-state index in [1.165, 1.54) is 20.2 Å².